The predicted molar refractivity (Wildman–Crippen MR) is 84.1 cm³/mol. The lowest BCUT2D eigenvalue weighted by Gasteiger charge is -2.42. The van der Waals surface area contributed by atoms with Gasteiger partial charge in [-0.2, -0.15) is 0 Å². The Labute approximate surface area is 119 Å². The van der Waals surface area contributed by atoms with Crippen LogP contribution in [0, 0.1) is 5.92 Å². The van der Waals surface area contributed by atoms with Gasteiger partial charge in [-0.15, -0.1) is 0 Å². The Bertz CT molecular complexity index is 329. The number of esters is 1. The lowest BCUT2D eigenvalue weighted by atomic mass is 9.85. The van der Waals surface area contributed by atoms with Gasteiger partial charge in [0.25, 0.3) is 0 Å². The van der Waals surface area contributed by atoms with Gasteiger partial charge in [-0.3, -0.25) is 0 Å². The molecule has 0 amide bonds. The fourth-order valence-electron chi connectivity index (χ4n) is 3.91. The Morgan fingerprint density at radius 1 is 1.53 bits per heavy atom. The van der Waals surface area contributed by atoms with Gasteiger partial charge in [0.1, 0.15) is 0 Å². The first kappa shape index (κ1) is 16.5. The van der Waals surface area contributed by atoms with Crippen LogP contribution in [0.2, 0.25) is 23.7 Å². The molecule has 0 aromatic carbocycles. The average molecular weight is 282 g/mol. The second kappa shape index (κ2) is 6.73. The lowest BCUT2D eigenvalue weighted by molar-refractivity contribution is -0.137. The third-order valence-electron chi connectivity index (χ3n) is 5.95. The van der Waals surface area contributed by atoms with Crippen LogP contribution in [0.25, 0.3) is 0 Å². The van der Waals surface area contributed by atoms with Crippen LogP contribution in [0.15, 0.2) is 12.7 Å². The van der Waals surface area contributed by atoms with E-state index in [2.05, 4.69) is 33.9 Å². The molecule has 0 bridgehead atoms. The van der Waals surface area contributed by atoms with E-state index in [-0.39, 0.29) is 5.97 Å². The number of carbonyl (C=O) groups is 1. The van der Waals surface area contributed by atoms with Crippen LogP contribution < -0.4 is 0 Å². The van der Waals surface area contributed by atoms with Gasteiger partial charge >= 0.3 is 5.97 Å². The van der Waals surface area contributed by atoms with Crippen molar-refractivity contribution in [2.45, 2.75) is 70.1 Å². The van der Waals surface area contributed by atoms with Crippen LogP contribution in [0.3, 0.4) is 0 Å². The van der Waals surface area contributed by atoms with Crippen LogP contribution in [0.5, 0.6) is 0 Å². The summed E-state index contributed by atoms with van der Waals surface area (Å²) in [5.41, 5.74) is 0. The molecule has 1 fully saturated rings. The molecule has 3 heteroatoms. The van der Waals surface area contributed by atoms with Crippen LogP contribution in [0.4, 0.5) is 0 Å². The van der Waals surface area contributed by atoms with Gasteiger partial charge in [0.05, 0.1) is 14.7 Å². The van der Waals surface area contributed by atoms with Crippen molar-refractivity contribution in [2.24, 2.45) is 5.92 Å². The van der Waals surface area contributed by atoms with E-state index in [4.69, 9.17) is 4.74 Å². The Morgan fingerprint density at radius 3 is 2.74 bits per heavy atom. The van der Waals surface area contributed by atoms with E-state index in [1.54, 1.807) is 0 Å². The van der Waals surface area contributed by atoms with Gasteiger partial charge in [0.2, 0.25) is 0 Å². The van der Waals surface area contributed by atoms with E-state index in [1.807, 2.05) is 0 Å². The van der Waals surface area contributed by atoms with Crippen LogP contribution >= 0.6 is 0 Å². The molecule has 1 aliphatic rings. The van der Waals surface area contributed by atoms with Crippen molar-refractivity contribution in [2.75, 3.05) is 6.61 Å². The van der Waals surface area contributed by atoms with Crippen LogP contribution in [0.1, 0.15) is 46.5 Å². The molecule has 1 rings (SSSR count). The molecule has 3 atom stereocenters. The van der Waals surface area contributed by atoms with Crippen molar-refractivity contribution in [3.63, 3.8) is 0 Å². The highest BCUT2D eigenvalue weighted by molar-refractivity contribution is 6.82. The normalized spacial score (nSPS) is 34.2. The summed E-state index contributed by atoms with van der Waals surface area (Å²) in [6.45, 7) is 13.8. The summed E-state index contributed by atoms with van der Waals surface area (Å²) < 4.78 is 5.09. The predicted octanol–water partition coefficient (Wildman–Crippen LogP) is 4.78. The van der Waals surface area contributed by atoms with E-state index in [9.17, 15) is 4.79 Å². The number of hydrogen-bond acceptors (Lipinski definition) is 2. The van der Waals surface area contributed by atoms with Crippen LogP contribution in [-0.2, 0) is 9.53 Å². The first-order valence-electron chi connectivity index (χ1n) is 7.72. The fourth-order valence-corrected chi connectivity index (χ4v) is 8.76. The quantitative estimate of drug-likeness (QED) is 0.290. The van der Waals surface area contributed by atoms with E-state index < -0.39 is 8.07 Å². The molecule has 1 heterocycles. The van der Waals surface area contributed by atoms with Gasteiger partial charge in [-0.25, -0.2) is 4.79 Å². The Kier molecular flexibility index (Phi) is 5.84. The highest BCUT2D eigenvalue weighted by Gasteiger charge is 2.52. The molecular formula is C16H30O2Si. The minimum Gasteiger partial charge on any atom is -0.463 e. The summed E-state index contributed by atoms with van der Waals surface area (Å²) in [5.74, 6) is 0.536. The molecule has 0 N–H and O–H groups in total. The highest BCUT2D eigenvalue weighted by Crippen LogP contribution is 2.60. The standard InChI is InChI=1S/C16H30O2Si/c1-6-15(17)18-12-9-10-14-11-13-19(5,8-3)16(14,4)7-2/h6,14H,1,7-13H2,2-5H3. The van der Waals surface area contributed by atoms with E-state index in [0.717, 1.165) is 12.3 Å². The van der Waals surface area contributed by atoms with E-state index in [0.29, 0.717) is 11.6 Å². The third kappa shape index (κ3) is 3.30. The number of ether oxygens (including phenoxy) is 1. The number of hydrogen-bond donors (Lipinski definition) is 0. The molecule has 0 aromatic rings. The van der Waals surface area contributed by atoms with Crippen molar-refractivity contribution >= 4 is 14.0 Å². The van der Waals surface area contributed by atoms with Crippen molar-refractivity contribution in [1.82, 2.24) is 0 Å². The number of carbonyl (C=O) groups excluding carboxylic acids is 1. The summed E-state index contributed by atoms with van der Waals surface area (Å²) in [5, 5.41) is 0.574. The molecule has 19 heavy (non-hydrogen) atoms. The minimum absolute atomic E-state index is 0.294. The SMILES string of the molecule is C=CC(=O)OCCCC1CC[Si](C)(CC)C1(C)CC. The molecule has 0 aromatic heterocycles. The largest absolute Gasteiger partial charge is 0.463 e. The summed E-state index contributed by atoms with van der Waals surface area (Å²) in [4.78, 5) is 11.0. The van der Waals surface area contributed by atoms with Gasteiger partial charge in [-0.1, -0.05) is 58.8 Å². The molecule has 0 radical (unpaired) electrons. The topological polar surface area (TPSA) is 26.3 Å². The zero-order valence-electron chi connectivity index (χ0n) is 13.1. The zero-order valence-corrected chi connectivity index (χ0v) is 14.1. The summed E-state index contributed by atoms with van der Waals surface area (Å²) >= 11 is 0. The molecular weight excluding hydrogens is 252 g/mol. The monoisotopic (exact) mass is 282 g/mol. The average Bonchev–Trinajstić information content (AvgIpc) is 2.68. The molecule has 2 nitrogen and oxygen atoms in total. The van der Waals surface area contributed by atoms with Gasteiger partial charge in [0, 0.05) is 6.08 Å². The smallest absolute Gasteiger partial charge is 0.330 e. The molecule has 0 saturated carbocycles. The van der Waals surface area contributed by atoms with E-state index in [1.165, 1.54) is 37.4 Å². The maximum atomic E-state index is 11.0. The van der Waals surface area contributed by atoms with E-state index >= 15 is 0 Å². The Hall–Kier alpha value is -0.573. The van der Waals surface area contributed by atoms with Crippen LogP contribution in [-0.4, -0.2) is 20.7 Å². The zero-order chi connectivity index (χ0) is 14.5. The minimum atomic E-state index is -1.09. The molecule has 110 valence electrons. The van der Waals surface area contributed by atoms with Gasteiger partial charge in [0.15, 0.2) is 0 Å². The third-order valence-corrected chi connectivity index (χ3v) is 12.4. The van der Waals surface area contributed by atoms with Gasteiger partial charge in [-0.05, 0) is 23.8 Å². The summed E-state index contributed by atoms with van der Waals surface area (Å²) in [7, 11) is -1.09. The van der Waals surface area contributed by atoms with Crippen molar-refractivity contribution in [3.05, 3.63) is 12.7 Å². The van der Waals surface area contributed by atoms with Gasteiger partial charge < -0.3 is 4.74 Å². The first-order valence-corrected chi connectivity index (χ1v) is 10.6. The summed E-state index contributed by atoms with van der Waals surface area (Å²) in [6.07, 6.45) is 6.13. The van der Waals surface area contributed by atoms with Crippen molar-refractivity contribution < 1.29 is 9.53 Å². The number of rotatable bonds is 7. The molecule has 3 unspecified atom stereocenters. The highest BCUT2D eigenvalue weighted by atomic mass is 28.3. The fraction of sp³-hybridized carbons (Fsp3) is 0.812. The van der Waals surface area contributed by atoms with Crippen molar-refractivity contribution in [1.29, 1.82) is 0 Å². The maximum Gasteiger partial charge on any atom is 0.330 e. The van der Waals surface area contributed by atoms with Crippen molar-refractivity contribution in [3.8, 4) is 0 Å². The lowest BCUT2D eigenvalue weighted by Crippen LogP contribution is -2.40. The molecule has 0 spiro atoms. The molecule has 1 aliphatic heterocycles. The summed E-state index contributed by atoms with van der Waals surface area (Å²) in [6, 6.07) is 2.88. The maximum absolute atomic E-state index is 11.0. The second-order valence-electron chi connectivity index (χ2n) is 6.43. The molecule has 0 aliphatic carbocycles. The first-order chi connectivity index (χ1) is 8.93. The Balaban J connectivity index is 2.50. The Morgan fingerprint density at radius 2 is 2.21 bits per heavy atom. The second-order valence-corrected chi connectivity index (χ2v) is 11.9. The molecule has 1 saturated heterocycles.